The molecule has 0 radical (unpaired) electrons. The summed E-state index contributed by atoms with van der Waals surface area (Å²) in [6, 6.07) is 58.6. The van der Waals surface area contributed by atoms with Crippen molar-refractivity contribution in [1.82, 2.24) is 4.57 Å². The summed E-state index contributed by atoms with van der Waals surface area (Å²) in [7, 11) is 0. The highest BCUT2D eigenvalue weighted by atomic mass is 15.2. The molecule has 3 heteroatoms. The lowest BCUT2D eigenvalue weighted by Crippen LogP contribution is -2.30. The molecule has 0 atom stereocenters. The van der Waals surface area contributed by atoms with E-state index in [-0.39, 0.29) is 5.41 Å². The highest BCUT2D eigenvalue weighted by Gasteiger charge is 2.36. The number of benzene rings is 7. The third kappa shape index (κ3) is 4.49. The molecule has 1 aliphatic heterocycles. The van der Waals surface area contributed by atoms with Crippen molar-refractivity contribution in [3.63, 3.8) is 0 Å². The van der Waals surface area contributed by atoms with E-state index in [4.69, 9.17) is 6.57 Å². The number of fused-ring (bicyclic) bond motifs is 5. The lowest BCUT2D eigenvalue weighted by atomic mass is 9.73. The van der Waals surface area contributed by atoms with Crippen LogP contribution in [0.4, 0.5) is 22.7 Å². The van der Waals surface area contributed by atoms with Crippen molar-refractivity contribution in [1.29, 1.82) is 0 Å². The largest absolute Gasteiger partial charge is 0.310 e. The number of anilines is 3. The molecule has 0 fully saturated rings. The van der Waals surface area contributed by atoms with Gasteiger partial charge in [-0.3, -0.25) is 0 Å². The van der Waals surface area contributed by atoms with Gasteiger partial charge >= 0.3 is 0 Å². The minimum Gasteiger partial charge on any atom is -0.310 e. The quantitative estimate of drug-likeness (QED) is 0.177. The second kappa shape index (κ2) is 11.1. The van der Waals surface area contributed by atoms with Crippen LogP contribution in [0.1, 0.15) is 25.0 Å². The van der Waals surface area contributed by atoms with E-state index >= 15 is 0 Å². The van der Waals surface area contributed by atoms with E-state index < -0.39 is 0 Å². The van der Waals surface area contributed by atoms with Gasteiger partial charge in [-0.15, -0.1) is 0 Å². The fourth-order valence-electron chi connectivity index (χ4n) is 7.86. The molecule has 0 bridgehead atoms. The van der Waals surface area contributed by atoms with Crippen molar-refractivity contribution in [2.45, 2.75) is 19.3 Å². The first kappa shape index (κ1) is 28.8. The minimum atomic E-state index is -0.152. The van der Waals surface area contributed by atoms with Crippen molar-refractivity contribution < 1.29 is 0 Å². The molecule has 8 aromatic rings. The average Bonchev–Trinajstić information content (AvgIpc) is 3.49. The standard InChI is InChI=1S/C46H33N3/c1-46(2)40-18-8-12-22-44(40)49(45-23-13-9-19-41(45)46)35-29-32(37-15-5-4-14-36(37)31-24-26-33(47-3)27-25-31)28-34(30-35)48-42-20-10-6-16-38(42)39-17-7-11-21-43(39)48/h4-30H,1-2H3. The second-order valence-corrected chi connectivity index (χ2v) is 13.3. The maximum Gasteiger partial charge on any atom is 0.187 e. The predicted octanol–water partition coefficient (Wildman–Crippen LogP) is 12.8. The van der Waals surface area contributed by atoms with Gasteiger partial charge in [-0.1, -0.05) is 135 Å². The Bertz CT molecular complexity index is 2500. The van der Waals surface area contributed by atoms with Gasteiger partial charge in [-0.05, 0) is 75.8 Å². The number of hydrogen-bond donors (Lipinski definition) is 0. The van der Waals surface area contributed by atoms with E-state index in [9.17, 15) is 0 Å². The highest BCUT2D eigenvalue weighted by molar-refractivity contribution is 6.09. The third-order valence-corrected chi connectivity index (χ3v) is 10.2. The van der Waals surface area contributed by atoms with Crippen LogP contribution in [0.5, 0.6) is 0 Å². The first-order chi connectivity index (χ1) is 24.0. The summed E-state index contributed by atoms with van der Waals surface area (Å²) in [5.41, 5.74) is 14.5. The molecular formula is C46H33N3. The van der Waals surface area contributed by atoms with Crippen LogP contribution < -0.4 is 4.90 Å². The fraction of sp³-hybridized carbons (Fsp3) is 0.0652. The topological polar surface area (TPSA) is 12.5 Å². The lowest BCUT2D eigenvalue weighted by molar-refractivity contribution is 0.632. The summed E-state index contributed by atoms with van der Waals surface area (Å²) in [6.07, 6.45) is 0. The molecule has 49 heavy (non-hydrogen) atoms. The zero-order chi connectivity index (χ0) is 33.1. The van der Waals surface area contributed by atoms with Crippen molar-refractivity contribution >= 4 is 44.6 Å². The molecule has 0 amide bonds. The van der Waals surface area contributed by atoms with Gasteiger partial charge in [0.2, 0.25) is 0 Å². The summed E-state index contributed by atoms with van der Waals surface area (Å²) in [5, 5.41) is 2.47. The molecule has 0 saturated carbocycles. The maximum atomic E-state index is 7.47. The molecule has 2 heterocycles. The van der Waals surface area contributed by atoms with Crippen LogP contribution in [0.2, 0.25) is 0 Å². The van der Waals surface area contributed by atoms with Crippen molar-refractivity contribution in [3.8, 4) is 27.9 Å². The van der Waals surface area contributed by atoms with Crippen LogP contribution in [0.3, 0.4) is 0 Å². The van der Waals surface area contributed by atoms with Gasteiger partial charge in [0.15, 0.2) is 5.69 Å². The number of hydrogen-bond acceptors (Lipinski definition) is 1. The number of rotatable bonds is 4. The van der Waals surface area contributed by atoms with E-state index in [0.717, 1.165) is 33.6 Å². The monoisotopic (exact) mass is 627 g/mol. The molecule has 0 N–H and O–H groups in total. The molecule has 1 aliphatic rings. The molecule has 7 aromatic carbocycles. The Morgan fingerprint density at radius 2 is 0.980 bits per heavy atom. The Kier molecular flexibility index (Phi) is 6.54. The first-order valence-corrected chi connectivity index (χ1v) is 16.7. The summed E-state index contributed by atoms with van der Waals surface area (Å²) >= 11 is 0. The van der Waals surface area contributed by atoms with Crippen LogP contribution in [-0.2, 0) is 5.41 Å². The zero-order valence-corrected chi connectivity index (χ0v) is 27.4. The average molecular weight is 628 g/mol. The van der Waals surface area contributed by atoms with Crippen LogP contribution in [0, 0.1) is 6.57 Å². The van der Waals surface area contributed by atoms with Gasteiger partial charge in [0.25, 0.3) is 0 Å². The third-order valence-electron chi connectivity index (χ3n) is 10.2. The molecule has 0 unspecified atom stereocenters. The number of nitrogens with zero attached hydrogens (tertiary/aromatic N) is 3. The molecule has 0 aliphatic carbocycles. The van der Waals surface area contributed by atoms with E-state index in [2.05, 4.69) is 180 Å². The maximum absolute atomic E-state index is 7.47. The Balaban J connectivity index is 1.36. The summed E-state index contributed by atoms with van der Waals surface area (Å²) in [5.74, 6) is 0. The van der Waals surface area contributed by atoms with E-state index in [1.54, 1.807) is 0 Å². The van der Waals surface area contributed by atoms with Crippen LogP contribution in [-0.4, -0.2) is 4.57 Å². The van der Waals surface area contributed by atoms with Crippen LogP contribution in [0.25, 0.3) is 54.6 Å². The molecule has 0 saturated heterocycles. The molecule has 0 spiro atoms. The van der Waals surface area contributed by atoms with Crippen LogP contribution in [0.15, 0.2) is 164 Å². The number of para-hydroxylation sites is 4. The summed E-state index contributed by atoms with van der Waals surface area (Å²) in [6.45, 7) is 12.1. The van der Waals surface area contributed by atoms with Crippen LogP contribution >= 0.6 is 0 Å². The molecule has 9 rings (SSSR count). The Hall–Kier alpha value is -6.37. The Morgan fingerprint density at radius 1 is 0.490 bits per heavy atom. The minimum absolute atomic E-state index is 0.152. The van der Waals surface area contributed by atoms with E-state index in [1.165, 1.54) is 44.3 Å². The molecule has 1 aromatic heterocycles. The van der Waals surface area contributed by atoms with Gasteiger partial charge in [0.05, 0.1) is 29.0 Å². The number of aromatic nitrogens is 1. The van der Waals surface area contributed by atoms with Crippen molar-refractivity contribution in [3.05, 3.63) is 186 Å². The SMILES string of the molecule is [C-]#[N+]c1ccc(-c2ccccc2-c2cc(N3c4ccccc4C(C)(C)c4ccccc43)cc(-n3c4ccccc4c4ccccc43)c2)cc1. The summed E-state index contributed by atoms with van der Waals surface area (Å²) in [4.78, 5) is 6.08. The van der Waals surface area contributed by atoms with Gasteiger partial charge in [0, 0.05) is 27.6 Å². The molecule has 3 nitrogen and oxygen atoms in total. The second-order valence-electron chi connectivity index (χ2n) is 13.3. The lowest BCUT2D eigenvalue weighted by Gasteiger charge is -2.42. The van der Waals surface area contributed by atoms with Crippen molar-refractivity contribution in [2.24, 2.45) is 0 Å². The van der Waals surface area contributed by atoms with Gasteiger partial charge in [-0.2, -0.15) is 0 Å². The Labute approximate surface area is 286 Å². The predicted molar refractivity (Wildman–Crippen MR) is 205 cm³/mol. The van der Waals surface area contributed by atoms with Gasteiger partial charge in [-0.25, -0.2) is 4.85 Å². The Morgan fingerprint density at radius 3 is 1.57 bits per heavy atom. The molecular weight excluding hydrogens is 595 g/mol. The van der Waals surface area contributed by atoms with Gasteiger partial charge in [0.1, 0.15) is 0 Å². The van der Waals surface area contributed by atoms with E-state index in [0.29, 0.717) is 5.69 Å². The highest BCUT2D eigenvalue weighted by Crippen LogP contribution is 2.52. The van der Waals surface area contributed by atoms with Crippen molar-refractivity contribution in [2.75, 3.05) is 4.90 Å². The van der Waals surface area contributed by atoms with E-state index in [1.807, 2.05) is 12.1 Å². The summed E-state index contributed by atoms with van der Waals surface area (Å²) < 4.78 is 2.41. The van der Waals surface area contributed by atoms with Gasteiger partial charge < -0.3 is 9.47 Å². The molecule has 232 valence electrons. The first-order valence-electron chi connectivity index (χ1n) is 16.7. The fourth-order valence-corrected chi connectivity index (χ4v) is 7.86. The smallest absolute Gasteiger partial charge is 0.187 e. The zero-order valence-electron chi connectivity index (χ0n) is 27.4. The normalized spacial score (nSPS) is 13.2.